The number of nitrogens with one attached hydrogen (secondary N) is 2. The van der Waals surface area contributed by atoms with Gasteiger partial charge in [0.05, 0.1) is 17.3 Å². The third-order valence-corrected chi connectivity index (χ3v) is 7.72. The molecule has 0 aromatic carbocycles. The van der Waals surface area contributed by atoms with Crippen molar-refractivity contribution in [1.29, 1.82) is 0 Å². The molecule has 0 spiro atoms. The van der Waals surface area contributed by atoms with Gasteiger partial charge in [0.2, 0.25) is 15.9 Å². The summed E-state index contributed by atoms with van der Waals surface area (Å²) in [7, 11) is -3.50. The van der Waals surface area contributed by atoms with Crippen LogP contribution in [0.5, 0.6) is 0 Å². The molecular formula is C17H20N4O4S3. The smallest absolute Gasteiger partial charge is 0.321 e. The molecule has 0 aliphatic carbocycles. The lowest BCUT2D eigenvalue weighted by atomic mass is 10.4. The quantitative estimate of drug-likeness (QED) is 0.638. The molecule has 8 nitrogen and oxygen atoms in total. The van der Waals surface area contributed by atoms with Gasteiger partial charge < -0.3 is 5.32 Å². The molecule has 1 aliphatic heterocycles. The van der Waals surface area contributed by atoms with Crippen LogP contribution in [0.2, 0.25) is 0 Å². The number of nitrogens with zero attached hydrogens (tertiary/aromatic N) is 2. The number of imide groups is 1. The maximum Gasteiger partial charge on any atom is 0.321 e. The van der Waals surface area contributed by atoms with Crippen molar-refractivity contribution in [1.82, 2.24) is 19.9 Å². The fraction of sp³-hybridized carbons (Fsp3) is 0.353. The molecule has 0 bridgehead atoms. The van der Waals surface area contributed by atoms with E-state index in [1.807, 2.05) is 17.5 Å². The lowest BCUT2D eigenvalue weighted by molar-refractivity contribution is -0.117. The van der Waals surface area contributed by atoms with Gasteiger partial charge in [-0.25, -0.2) is 18.2 Å². The fourth-order valence-electron chi connectivity index (χ4n) is 2.61. The summed E-state index contributed by atoms with van der Waals surface area (Å²) in [4.78, 5) is 28.8. The monoisotopic (exact) mass is 440 g/mol. The average Bonchev–Trinajstić information content (AvgIpc) is 3.39. The molecule has 0 atom stereocenters. The Morgan fingerprint density at radius 2 is 2.00 bits per heavy atom. The summed E-state index contributed by atoms with van der Waals surface area (Å²) in [6.45, 7) is 1.43. The van der Waals surface area contributed by atoms with Crippen molar-refractivity contribution in [2.24, 2.45) is 0 Å². The van der Waals surface area contributed by atoms with E-state index < -0.39 is 22.0 Å². The van der Waals surface area contributed by atoms with Gasteiger partial charge in [0, 0.05) is 24.2 Å². The summed E-state index contributed by atoms with van der Waals surface area (Å²) in [5, 5.41) is 7.27. The minimum Gasteiger partial charge on any atom is -0.333 e. The number of thiophene rings is 1. The number of amides is 3. The number of pyridine rings is 1. The van der Waals surface area contributed by atoms with Crippen LogP contribution < -0.4 is 10.6 Å². The topological polar surface area (TPSA) is 108 Å². The first-order valence-electron chi connectivity index (χ1n) is 8.64. The molecule has 0 saturated carbocycles. The Labute approximate surface area is 171 Å². The summed E-state index contributed by atoms with van der Waals surface area (Å²) in [6.07, 6.45) is 3.05. The van der Waals surface area contributed by atoms with Crippen molar-refractivity contribution in [2.45, 2.75) is 29.3 Å². The molecule has 2 aromatic rings. The molecular weight excluding hydrogens is 420 g/mol. The Hall–Kier alpha value is -1.95. The molecule has 3 rings (SSSR count). The van der Waals surface area contributed by atoms with Crippen molar-refractivity contribution in [3.8, 4) is 0 Å². The van der Waals surface area contributed by atoms with Crippen LogP contribution >= 0.6 is 23.1 Å². The third kappa shape index (κ3) is 5.53. The number of thioether (sulfide) groups is 1. The van der Waals surface area contributed by atoms with E-state index in [9.17, 15) is 18.0 Å². The Morgan fingerprint density at radius 3 is 2.64 bits per heavy atom. The molecule has 150 valence electrons. The van der Waals surface area contributed by atoms with Crippen molar-refractivity contribution >= 4 is 45.1 Å². The molecule has 0 unspecified atom stereocenters. The number of aromatic nitrogens is 1. The second kappa shape index (κ2) is 9.50. The Bertz CT molecular complexity index is 908. The molecule has 3 amide bonds. The number of carbonyl (C=O) groups excluding carboxylic acids is 2. The number of carbonyl (C=O) groups is 2. The first-order valence-corrected chi connectivity index (χ1v) is 11.9. The van der Waals surface area contributed by atoms with E-state index in [2.05, 4.69) is 15.6 Å². The number of hydrogen-bond donors (Lipinski definition) is 2. The fourth-order valence-corrected chi connectivity index (χ4v) is 5.36. The lowest BCUT2D eigenvalue weighted by Gasteiger charge is -2.15. The van der Waals surface area contributed by atoms with Gasteiger partial charge in [-0.15, -0.1) is 11.3 Å². The van der Waals surface area contributed by atoms with E-state index in [0.29, 0.717) is 24.7 Å². The molecule has 1 saturated heterocycles. The van der Waals surface area contributed by atoms with E-state index in [1.54, 1.807) is 6.07 Å². The SMILES string of the molecule is O=C(CSc1ccc(S(=O)(=O)N2CCCC2)cn1)NC(=O)NCc1cccs1. The van der Waals surface area contributed by atoms with Crippen LogP contribution in [-0.4, -0.2) is 48.5 Å². The summed E-state index contributed by atoms with van der Waals surface area (Å²) in [6, 6.07) is 6.28. The first kappa shape index (κ1) is 20.8. The van der Waals surface area contributed by atoms with Crippen LogP contribution in [0, 0.1) is 0 Å². The van der Waals surface area contributed by atoms with Gasteiger partial charge in [0.25, 0.3) is 0 Å². The van der Waals surface area contributed by atoms with Crippen LogP contribution in [0.3, 0.4) is 0 Å². The molecule has 1 aliphatic rings. The molecule has 2 aromatic heterocycles. The highest BCUT2D eigenvalue weighted by atomic mass is 32.2. The summed E-state index contributed by atoms with van der Waals surface area (Å²) >= 11 is 2.64. The molecule has 1 fully saturated rings. The maximum atomic E-state index is 12.5. The van der Waals surface area contributed by atoms with Crippen LogP contribution in [0.4, 0.5) is 4.79 Å². The summed E-state index contributed by atoms with van der Waals surface area (Å²) < 4.78 is 26.4. The second-order valence-electron chi connectivity index (χ2n) is 6.04. The molecule has 0 radical (unpaired) electrons. The average molecular weight is 441 g/mol. The zero-order valence-electron chi connectivity index (χ0n) is 15.0. The van der Waals surface area contributed by atoms with Gasteiger partial charge in [0.15, 0.2) is 0 Å². The molecule has 28 heavy (non-hydrogen) atoms. The van der Waals surface area contributed by atoms with Gasteiger partial charge in [0.1, 0.15) is 4.90 Å². The predicted molar refractivity (Wildman–Crippen MR) is 108 cm³/mol. The Morgan fingerprint density at radius 1 is 1.21 bits per heavy atom. The van der Waals surface area contributed by atoms with Gasteiger partial charge >= 0.3 is 6.03 Å². The third-order valence-electron chi connectivity index (χ3n) is 4.02. The van der Waals surface area contributed by atoms with Gasteiger partial charge in [-0.05, 0) is 36.4 Å². The van der Waals surface area contributed by atoms with E-state index >= 15 is 0 Å². The number of rotatable bonds is 7. The first-order chi connectivity index (χ1) is 13.4. The normalized spacial score (nSPS) is 14.7. The maximum absolute atomic E-state index is 12.5. The standard InChI is InChI=1S/C17H20N4O4S3/c22-15(20-17(23)19-10-13-4-3-9-26-13)12-27-16-6-5-14(11-18-16)28(24,25)21-7-1-2-8-21/h3-6,9,11H,1-2,7-8,10,12H2,(H2,19,20,22,23). The van der Waals surface area contributed by atoms with E-state index in [0.717, 1.165) is 29.5 Å². The predicted octanol–water partition coefficient (Wildman–Crippen LogP) is 2.05. The Kier molecular flexibility index (Phi) is 7.05. The van der Waals surface area contributed by atoms with Crippen molar-refractivity contribution in [3.63, 3.8) is 0 Å². The highest BCUT2D eigenvalue weighted by molar-refractivity contribution is 7.99. The van der Waals surface area contributed by atoms with Gasteiger partial charge in [-0.3, -0.25) is 10.1 Å². The number of urea groups is 1. The van der Waals surface area contributed by atoms with Crippen molar-refractivity contribution in [2.75, 3.05) is 18.8 Å². The second-order valence-corrected chi connectivity index (χ2v) is 10.0. The van der Waals surface area contributed by atoms with Gasteiger partial charge in [-0.2, -0.15) is 4.31 Å². The van der Waals surface area contributed by atoms with Crippen LogP contribution in [0.15, 0.2) is 45.8 Å². The van der Waals surface area contributed by atoms with Crippen LogP contribution in [0.25, 0.3) is 0 Å². The molecule has 11 heteroatoms. The van der Waals surface area contributed by atoms with Crippen LogP contribution in [0.1, 0.15) is 17.7 Å². The van der Waals surface area contributed by atoms with E-state index in [1.165, 1.54) is 27.9 Å². The van der Waals surface area contributed by atoms with Gasteiger partial charge in [-0.1, -0.05) is 17.8 Å². The molecule has 2 N–H and O–H groups in total. The number of hydrogen-bond acceptors (Lipinski definition) is 7. The summed E-state index contributed by atoms with van der Waals surface area (Å²) in [5.74, 6) is -0.457. The van der Waals surface area contributed by atoms with Crippen LogP contribution in [-0.2, 0) is 21.4 Å². The molecule has 3 heterocycles. The minimum absolute atomic E-state index is 0.00234. The van der Waals surface area contributed by atoms with Crippen molar-refractivity contribution in [3.05, 3.63) is 40.7 Å². The zero-order valence-corrected chi connectivity index (χ0v) is 17.4. The zero-order chi connectivity index (χ0) is 20.0. The van der Waals surface area contributed by atoms with E-state index in [-0.39, 0.29) is 10.6 Å². The van der Waals surface area contributed by atoms with E-state index in [4.69, 9.17) is 0 Å². The lowest BCUT2D eigenvalue weighted by Crippen LogP contribution is -2.39. The Balaban J connectivity index is 1.45. The van der Waals surface area contributed by atoms with Crippen molar-refractivity contribution < 1.29 is 18.0 Å². The largest absolute Gasteiger partial charge is 0.333 e. The highest BCUT2D eigenvalue weighted by Crippen LogP contribution is 2.22. The highest BCUT2D eigenvalue weighted by Gasteiger charge is 2.27. The summed E-state index contributed by atoms with van der Waals surface area (Å²) in [5.41, 5.74) is 0. The number of sulfonamides is 1. The minimum atomic E-state index is -3.50.